The summed E-state index contributed by atoms with van der Waals surface area (Å²) in [5.74, 6) is 0. The summed E-state index contributed by atoms with van der Waals surface area (Å²) in [5, 5.41) is 7.22. The Kier molecular flexibility index (Phi) is 3.19. The second-order valence-electron chi connectivity index (χ2n) is 3.93. The first kappa shape index (κ1) is 13.1. The average molecular weight is 353 g/mol. The summed E-state index contributed by atoms with van der Waals surface area (Å²) >= 11 is 3.28. The molecule has 0 unspecified atom stereocenters. The lowest BCUT2D eigenvalue weighted by Gasteiger charge is -2.21. The van der Waals surface area contributed by atoms with Gasteiger partial charge < -0.3 is 4.72 Å². The van der Waals surface area contributed by atoms with Crippen molar-refractivity contribution in [2.24, 2.45) is 0 Å². The molecule has 20 heavy (non-hydrogen) atoms. The normalized spacial score (nSPS) is 11.7. The van der Waals surface area contributed by atoms with Crippen molar-refractivity contribution in [2.45, 2.75) is 4.90 Å². The molecular weight excluding hydrogens is 346 g/mol. The molecule has 1 heterocycles. The van der Waals surface area contributed by atoms with E-state index in [2.05, 4.69) is 35.6 Å². The van der Waals surface area contributed by atoms with Crippen LogP contribution >= 0.6 is 15.9 Å². The minimum Gasteiger partial charge on any atom is -0.573 e. The van der Waals surface area contributed by atoms with Crippen molar-refractivity contribution in [3.63, 3.8) is 0 Å². The van der Waals surface area contributed by atoms with Gasteiger partial charge in [-0.05, 0) is 34.6 Å². The SMILES string of the molecule is O=S(=O)([N-]c1ccc(Br)cc1)c1cccc2nonc12. The van der Waals surface area contributed by atoms with Crippen molar-refractivity contribution in [3.05, 3.63) is 51.7 Å². The first-order chi connectivity index (χ1) is 9.56. The summed E-state index contributed by atoms with van der Waals surface area (Å²) in [6.07, 6.45) is 0. The highest BCUT2D eigenvalue weighted by molar-refractivity contribution is 9.10. The number of nitrogens with zero attached hydrogens (tertiary/aromatic N) is 3. The Labute approximate surface area is 122 Å². The van der Waals surface area contributed by atoms with Gasteiger partial charge in [-0.25, -0.2) is 13.0 Å². The number of aromatic nitrogens is 2. The molecule has 0 bridgehead atoms. The highest BCUT2D eigenvalue weighted by Gasteiger charge is 2.13. The molecule has 6 nitrogen and oxygen atoms in total. The number of rotatable bonds is 3. The fraction of sp³-hybridized carbons (Fsp3) is 0. The van der Waals surface area contributed by atoms with Gasteiger partial charge in [0.25, 0.3) is 0 Å². The van der Waals surface area contributed by atoms with Crippen LogP contribution in [0.4, 0.5) is 5.69 Å². The molecular formula is C12H7BrN3O3S-. The quantitative estimate of drug-likeness (QED) is 0.720. The predicted octanol–water partition coefficient (Wildman–Crippen LogP) is 3.38. The van der Waals surface area contributed by atoms with E-state index in [1.54, 1.807) is 36.4 Å². The Morgan fingerprint density at radius 2 is 1.80 bits per heavy atom. The maximum atomic E-state index is 12.3. The van der Waals surface area contributed by atoms with Gasteiger partial charge in [-0.15, -0.1) is 5.69 Å². The number of hydrogen-bond acceptors (Lipinski definition) is 5. The third-order valence-corrected chi connectivity index (χ3v) is 4.44. The molecule has 1 aromatic heterocycles. The van der Waals surface area contributed by atoms with Gasteiger partial charge in [-0.3, -0.25) is 0 Å². The second-order valence-corrected chi connectivity index (χ2v) is 6.42. The van der Waals surface area contributed by atoms with Crippen LogP contribution in [-0.2, 0) is 10.0 Å². The number of fused-ring (bicyclic) bond motifs is 1. The number of benzene rings is 2. The molecule has 0 fully saturated rings. The van der Waals surface area contributed by atoms with Gasteiger partial charge in [0.2, 0.25) is 0 Å². The molecule has 8 heteroatoms. The Balaban J connectivity index is 2.03. The summed E-state index contributed by atoms with van der Waals surface area (Å²) in [5.41, 5.74) is 0.882. The van der Waals surface area contributed by atoms with E-state index in [1.807, 2.05) is 0 Å². The highest BCUT2D eigenvalue weighted by Crippen LogP contribution is 2.31. The second kappa shape index (κ2) is 4.88. The van der Waals surface area contributed by atoms with E-state index in [0.29, 0.717) is 11.2 Å². The van der Waals surface area contributed by atoms with Gasteiger partial charge in [-0.2, -0.15) is 0 Å². The molecule has 0 N–H and O–H groups in total. The van der Waals surface area contributed by atoms with Gasteiger partial charge in [0.05, 0.1) is 4.90 Å². The molecule has 0 radical (unpaired) electrons. The Hall–Kier alpha value is -1.93. The minimum absolute atomic E-state index is 0.0285. The first-order valence-electron chi connectivity index (χ1n) is 5.51. The monoisotopic (exact) mass is 352 g/mol. The van der Waals surface area contributed by atoms with Crippen LogP contribution in [0.5, 0.6) is 0 Å². The zero-order valence-corrected chi connectivity index (χ0v) is 12.3. The standard InChI is InChI=1S/C12H7BrN3O3S/c13-8-4-6-9(7-5-8)16-20(17,18)11-3-1-2-10-12(11)15-19-14-10/h1-7H/q-1. The van der Waals surface area contributed by atoms with E-state index >= 15 is 0 Å². The molecule has 0 spiro atoms. The van der Waals surface area contributed by atoms with Crippen LogP contribution in [0.1, 0.15) is 0 Å². The minimum atomic E-state index is -3.88. The largest absolute Gasteiger partial charge is 0.573 e. The maximum absolute atomic E-state index is 12.3. The van der Waals surface area contributed by atoms with Crippen molar-refractivity contribution in [1.29, 1.82) is 0 Å². The molecule has 0 amide bonds. The van der Waals surface area contributed by atoms with Gasteiger partial charge >= 0.3 is 0 Å². The van der Waals surface area contributed by atoms with Crippen molar-refractivity contribution in [2.75, 3.05) is 0 Å². The van der Waals surface area contributed by atoms with Crippen LogP contribution in [0.3, 0.4) is 0 Å². The summed E-state index contributed by atoms with van der Waals surface area (Å²) in [6.45, 7) is 0. The van der Waals surface area contributed by atoms with E-state index in [0.717, 1.165) is 4.47 Å². The van der Waals surface area contributed by atoms with Crippen LogP contribution in [0.25, 0.3) is 15.8 Å². The summed E-state index contributed by atoms with van der Waals surface area (Å²) in [6, 6.07) is 11.2. The zero-order chi connectivity index (χ0) is 14.2. The molecule has 2 aromatic carbocycles. The topological polar surface area (TPSA) is 87.2 Å². The van der Waals surface area contributed by atoms with Gasteiger partial charge in [0.15, 0.2) is 5.52 Å². The lowest BCUT2D eigenvalue weighted by atomic mass is 10.3. The molecule has 0 atom stereocenters. The van der Waals surface area contributed by atoms with Crippen LogP contribution < -0.4 is 0 Å². The number of halogens is 1. The van der Waals surface area contributed by atoms with Crippen LogP contribution in [0.2, 0.25) is 0 Å². The molecule has 3 rings (SSSR count). The fourth-order valence-electron chi connectivity index (χ4n) is 1.68. The van der Waals surface area contributed by atoms with Crippen molar-refractivity contribution < 1.29 is 13.0 Å². The van der Waals surface area contributed by atoms with Crippen molar-refractivity contribution in [3.8, 4) is 0 Å². The third-order valence-electron chi connectivity index (χ3n) is 2.58. The fourth-order valence-corrected chi connectivity index (χ4v) is 3.08. The molecule has 3 aromatic rings. The first-order valence-corrected chi connectivity index (χ1v) is 7.74. The highest BCUT2D eigenvalue weighted by atomic mass is 79.9. The van der Waals surface area contributed by atoms with Crippen molar-refractivity contribution >= 4 is 42.7 Å². The molecule has 0 aliphatic heterocycles. The number of hydrogen-bond donors (Lipinski definition) is 0. The number of sulfonamides is 1. The molecule has 0 saturated carbocycles. The smallest absolute Gasteiger partial charge is 0.152 e. The van der Waals surface area contributed by atoms with Crippen LogP contribution in [0, 0.1) is 0 Å². The van der Waals surface area contributed by atoms with Crippen LogP contribution in [-0.4, -0.2) is 18.7 Å². The summed E-state index contributed by atoms with van der Waals surface area (Å²) in [7, 11) is -3.88. The molecule has 102 valence electrons. The average Bonchev–Trinajstić information content (AvgIpc) is 2.89. The lowest BCUT2D eigenvalue weighted by molar-refractivity contribution is 0.315. The van der Waals surface area contributed by atoms with Crippen LogP contribution in [0.15, 0.2) is 56.5 Å². The predicted molar refractivity (Wildman–Crippen MR) is 76.2 cm³/mol. The van der Waals surface area contributed by atoms with Gasteiger partial charge in [0, 0.05) is 4.47 Å². The zero-order valence-electron chi connectivity index (χ0n) is 9.89. The van der Waals surface area contributed by atoms with E-state index in [1.165, 1.54) is 6.07 Å². The molecule has 0 aliphatic rings. The van der Waals surface area contributed by atoms with Gasteiger partial charge in [-0.1, -0.05) is 34.1 Å². The van der Waals surface area contributed by atoms with Gasteiger partial charge in [0.1, 0.15) is 15.5 Å². The van der Waals surface area contributed by atoms with E-state index in [4.69, 9.17) is 0 Å². The Morgan fingerprint density at radius 3 is 2.55 bits per heavy atom. The maximum Gasteiger partial charge on any atom is 0.152 e. The third kappa shape index (κ3) is 2.39. The summed E-state index contributed by atoms with van der Waals surface area (Å²) < 4.78 is 33.8. The van der Waals surface area contributed by atoms with E-state index < -0.39 is 10.0 Å². The van der Waals surface area contributed by atoms with Crippen molar-refractivity contribution in [1.82, 2.24) is 10.3 Å². The Morgan fingerprint density at radius 1 is 1.05 bits per heavy atom. The van der Waals surface area contributed by atoms with E-state index in [9.17, 15) is 8.42 Å². The Bertz CT molecular complexity index is 859. The summed E-state index contributed by atoms with van der Waals surface area (Å²) in [4.78, 5) is -0.0285. The lowest BCUT2D eigenvalue weighted by Crippen LogP contribution is -1.98. The molecule has 0 aliphatic carbocycles. The van der Waals surface area contributed by atoms with E-state index in [-0.39, 0.29) is 10.4 Å². The molecule has 0 saturated heterocycles.